The van der Waals surface area contributed by atoms with Crippen molar-refractivity contribution in [3.63, 3.8) is 0 Å². The Hall–Kier alpha value is -3.43. The maximum atomic E-state index is 13.8. The number of hydrogen-bond acceptors (Lipinski definition) is 5. The number of rotatable bonds is 6. The van der Waals surface area contributed by atoms with Crippen LogP contribution in [0.3, 0.4) is 0 Å². The minimum Gasteiger partial charge on any atom is -0.497 e. The molecule has 3 aromatic rings. The van der Waals surface area contributed by atoms with Crippen LogP contribution in [0, 0.1) is 18.3 Å². The molecule has 1 aliphatic heterocycles. The van der Waals surface area contributed by atoms with Crippen LogP contribution < -0.4 is 18.9 Å². The number of Topliss-reactive ketones (excluding diaryl/α,β-unsaturated/α-hetero) is 1. The van der Waals surface area contributed by atoms with Crippen LogP contribution in [0.2, 0.25) is 0 Å². The third-order valence-corrected chi connectivity index (χ3v) is 6.48. The molecule has 5 nitrogen and oxygen atoms in total. The number of fused-ring (bicyclic) bond motifs is 1. The third-order valence-electron chi connectivity index (χ3n) is 5.86. The van der Waals surface area contributed by atoms with E-state index in [9.17, 15) is 4.79 Å². The van der Waals surface area contributed by atoms with Crippen LogP contribution in [0.1, 0.15) is 33.5 Å². The average molecular weight is 507 g/mol. The third kappa shape index (κ3) is 4.29. The first kappa shape index (κ1) is 22.8. The fraction of sp³-hybridized carbons (Fsp3) is 0.222. The Kier molecular flexibility index (Phi) is 6.62. The van der Waals surface area contributed by atoms with Gasteiger partial charge < -0.3 is 18.9 Å². The minimum atomic E-state index is -0.635. The number of ether oxygens (including phenoxy) is 4. The molecular weight excluding hydrogens is 484 g/mol. The van der Waals surface area contributed by atoms with Crippen molar-refractivity contribution in [1.82, 2.24) is 0 Å². The van der Waals surface area contributed by atoms with Crippen LogP contribution in [0.15, 0.2) is 65.1 Å². The van der Waals surface area contributed by atoms with E-state index in [1.165, 1.54) is 0 Å². The summed E-state index contributed by atoms with van der Waals surface area (Å²) in [5, 5.41) is 0. The van der Waals surface area contributed by atoms with E-state index in [0.717, 1.165) is 15.6 Å². The standard InChI is InChI=1S/C27H23BrO5/c1-5-20-21-14-22(28)24(32-4)15-23(21)33-27(17-8-12-19(31-3)13-9-17)25(20)26(29)16-6-10-18(30-2)11-7-16/h1,6-15,20,25,27H,2-4H3/t20-,25-,27-/m1/s1. The normalized spacial score (nSPS) is 18.9. The molecule has 0 amide bonds. The maximum Gasteiger partial charge on any atom is 0.171 e. The van der Waals surface area contributed by atoms with Crippen molar-refractivity contribution >= 4 is 21.7 Å². The van der Waals surface area contributed by atoms with Gasteiger partial charge in [0.15, 0.2) is 5.78 Å². The Morgan fingerprint density at radius 2 is 1.55 bits per heavy atom. The zero-order valence-electron chi connectivity index (χ0n) is 18.5. The van der Waals surface area contributed by atoms with Crippen LogP contribution in [-0.2, 0) is 0 Å². The SMILES string of the molecule is C#C[C@@H]1c2cc(Br)c(OC)cc2O[C@H](c2ccc(OC)cc2)[C@H]1C(=O)c1ccc(OC)cc1. The van der Waals surface area contributed by atoms with Crippen molar-refractivity contribution in [2.24, 2.45) is 5.92 Å². The lowest BCUT2D eigenvalue weighted by molar-refractivity contribution is 0.0653. The summed E-state index contributed by atoms with van der Waals surface area (Å²) >= 11 is 3.52. The van der Waals surface area contributed by atoms with Crippen LogP contribution in [0.25, 0.3) is 0 Å². The molecule has 33 heavy (non-hydrogen) atoms. The summed E-state index contributed by atoms with van der Waals surface area (Å²) < 4.78 is 23.1. The fourth-order valence-corrected chi connectivity index (χ4v) is 4.65. The fourth-order valence-electron chi connectivity index (χ4n) is 4.13. The Balaban J connectivity index is 1.85. The van der Waals surface area contributed by atoms with Crippen LogP contribution >= 0.6 is 15.9 Å². The van der Waals surface area contributed by atoms with Crippen molar-refractivity contribution in [1.29, 1.82) is 0 Å². The number of carbonyl (C=O) groups excluding carboxylic acids is 1. The Labute approximate surface area is 201 Å². The van der Waals surface area contributed by atoms with E-state index < -0.39 is 17.9 Å². The van der Waals surface area contributed by atoms with E-state index in [0.29, 0.717) is 28.6 Å². The zero-order valence-corrected chi connectivity index (χ0v) is 20.1. The van der Waals surface area contributed by atoms with E-state index in [1.807, 2.05) is 30.3 Å². The number of terminal acetylenes is 1. The highest BCUT2D eigenvalue weighted by molar-refractivity contribution is 9.10. The summed E-state index contributed by atoms with van der Waals surface area (Å²) in [6.45, 7) is 0. The second-order valence-corrected chi connectivity index (χ2v) is 8.45. The van der Waals surface area contributed by atoms with Gasteiger partial charge in [-0.05, 0) is 64.0 Å². The van der Waals surface area contributed by atoms with Crippen LogP contribution in [-0.4, -0.2) is 27.1 Å². The molecule has 1 heterocycles. The molecule has 6 heteroatoms. The number of hydrogen-bond donors (Lipinski definition) is 0. The summed E-state index contributed by atoms with van der Waals surface area (Å²) in [6, 6.07) is 18.2. The first-order chi connectivity index (χ1) is 16.0. The lowest BCUT2D eigenvalue weighted by Gasteiger charge is -2.37. The highest BCUT2D eigenvalue weighted by Crippen LogP contribution is 2.50. The average Bonchev–Trinajstić information content (AvgIpc) is 2.87. The van der Waals surface area contributed by atoms with Gasteiger partial charge in [0.25, 0.3) is 0 Å². The molecule has 0 unspecified atom stereocenters. The molecule has 0 radical (unpaired) electrons. The molecule has 3 atom stereocenters. The first-order valence-electron chi connectivity index (χ1n) is 10.3. The summed E-state index contributed by atoms with van der Waals surface area (Å²) in [6.07, 6.45) is 5.44. The predicted molar refractivity (Wildman–Crippen MR) is 129 cm³/mol. The second kappa shape index (κ2) is 9.60. The smallest absolute Gasteiger partial charge is 0.171 e. The Morgan fingerprint density at radius 3 is 2.09 bits per heavy atom. The number of carbonyl (C=O) groups is 1. The van der Waals surface area contributed by atoms with Crippen molar-refractivity contribution in [2.45, 2.75) is 12.0 Å². The van der Waals surface area contributed by atoms with Crippen molar-refractivity contribution in [2.75, 3.05) is 21.3 Å². The summed E-state index contributed by atoms with van der Waals surface area (Å²) in [7, 11) is 4.78. The second-order valence-electron chi connectivity index (χ2n) is 7.60. The number of benzene rings is 3. The first-order valence-corrected chi connectivity index (χ1v) is 11.1. The van der Waals surface area contributed by atoms with Gasteiger partial charge in [-0.3, -0.25) is 4.79 Å². The Morgan fingerprint density at radius 1 is 0.939 bits per heavy atom. The molecule has 0 saturated heterocycles. The maximum absolute atomic E-state index is 13.8. The number of halogens is 1. The minimum absolute atomic E-state index is 0.0981. The van der Waals surface area contributed by atoms with Gasteiger partial charge in [-0.15, -0.1) is 6.42 Å². The van der Waals surface area contributed by atoms with Gasteiger partial charge in [0, 0.05) is 17.2 Å². The predicted octanol–water partition coefficient (Wildman–Crippen LogP) is 5.82. The number of methoxy groups -OCH3 is 3. The molecule has 168 valence electrons. The molecule has 0 N–H and O–H groups in total. The molecule has 0 bridgehead atoms. The van der Waals surface area contributed by atoms with Crippen LogP contribution in [0.5, 0.6) is 23.0 Å². The molecule has 0 aromatic heterocycles. The molecular formula is C27H23BrO5. The van der Waals surface area contributed by atoms with Gasteiger partial charge in [0.05, 0.1) is 37.6 Å². The largest absolute Gasteiger partial charge is 0.497 e. The monoisotopic (exact) mass is 506 g/mol. The van der Waals surface area contributed by atoms with Gasteiger partial charge >= 0.3 is 0 Å². The van der Waals surface area contributed by atoms with E-state index in [4.69, 9.17) is 25.4 Å². The molecule has 0 fully saturated rings. The lowest BCUT2D eigenvalue weighted by Crippen LogP contribution is -2.35. The van der Waals surface area contributed by atoms with Gasteiger partial charge in [0.2, 0.25) is 0 Å². The van der Waals surface area contributed by atoms with Gasteiger partial charge in [-0.25, -0.2) is 0 Å². The lowest BCUT2D eigenvalue weighted by atomic mass is 9.74. The molecule has 0 aliphatic carbocycles. The van der Waals surface area contributed by atoms with E-state index >= 15 is 0 Å². The zero-order chi connectivity index (χ0) is 23.5. The molecule has 0 spiro atoms. The molecule has 3 aromatic carbocycles. The van der Waals surface area contributed by atoms with Gasteiger partial charge in [0.1, 0.15) is 29.1 Å². The van der Waals surface area contributed by atoms with Gasteiger partial charge in [-0.2, -0.15) is 0 Å². The van der Waals surface area contributed by atoms with Crippen molar-refractivity contribution < 1.29 is 23.7 Å². The molecule has 1 aliphatic rings. The summed E-state index contributed by atoms with van der Waals surface area (Å²) in [4.78, 5) is 13.8. The summed E-state index contributed by atoms with van der Waals surface area (Å²) in [5.74, 6) is 4.23. The van der Waals surface area contributed by atoms with E-state index in [2.05, 4.69) is 21.9 Å². The van der Waals surface area contributed by atoms with Crippen LogP contribution in [0.4, 0.5) is 0 Å². The number of ketones is 1. The van der Waals surface area contributed by atoms with Gasteiger partial charge in [-0.1, -0.05) is 18.1 Å². The van der Waals surface area contributed by atoms with Crippen molar-refractivity contribution in [3.8, 4) is 35.3 Å². The Bertz CT molecular complexity index is 1190. The summed E-state index contributed by atoms with van der Waals surface area (Å²) in [5.41, 5.74) is 2.14. The molecule has 0 saturated carbocycles. The van der Waals surface area contributed by atoms with Crippen molar-refractivity contribution in [3.05, 3.63) is 81.8 Å². The highest BCUT2D eigenvalue weighted by Gasteiger charge is 2.43. The van der Waals surface area contributed by atoms with E-state index in [1.54, 1.807) is 51.7 Å². The highest BCUT2D eigenvalue weighted by atomic mass is 79.9. The topological polar surface area (TPSA) is 54.0 Å². The van der Waals surface area contributed by atoms with E-state index in [-0.39, 0.29) is 5.78 Å². The molecule has 4 rings (SSSR count). The quantitative estimate of drug-likeness (QED) is 0.311.